The van der Waals surface area contributed by atoms with Gasteiger partial charge in [0.1, 0.15) is 16.4 Å². The van der Waals surface area contributed by atoms with Crippen LogP contribution in [0.1, 0.15) is 31.4 Å². The van der Waals surface area contributed by atoms with Crippen LogP contribution in [-0.4, -0.2) is 30.8 Å². The first-order valence-corrected chi connectivity index (χ1v) is 9.67. The molecule has 0 bridgehead atoms. The van der Waals surface area contributed by atoms with Gasteiger partial charge in [0.05, 0.1) is 12.7 Å². The predicted molar refractivity (Wildman–Crippen MR) is 84.0 cm³/mol. The lowest BCUT2D eigenvalue weighted by Gasteiger charge is -2.12. The molecule has 0 aliphatic carbocycles. The van der Waals surface area contributed by atoms with Crippen molar-refractivity contribution in [3.63, 3.8) is 0 Å². The Balaban J connectivity index is 3.67. The van der Waals surface area contributed by atoms with Gasteiger partial charge in [-0.2, -0.15) is 18.1 Å². The third-order valence-electron chi connectivity index (χ3n) is 3.06. The van der Waals surface area contributed by atoms with Gasteiger partial charge in [0, 0.05) is 0 Å². The Kier molecular flexibility index (Phi) is 6.08. The Morgan fingerprint density at radius 1 is 1.39 bits per heavy atom. The molecule has 0 unspecified atom stereocenters. The van der Waals surface area contributed by atoms with Crippen LogP contribution in [0.4, 0.5) is 0 Å². The van der Waals surface area contributed by atoms with Gasteiger partial charge in [-0.1, -0.05) is 19.9 Å². The lowest BCUT2D eigenvalue weighted by Crippen LogP contribution is -2.08. The highest BCUT2D eigenvalue weighted by Gasteiger charge is 2.28. The molecule has 126 valence electrons. The van der Waals surface area contributed by atoms with Crippen molar-refractivity contribution in [2.45, 2.75) is 31.6 Å². The van der Waals surface area contributed by atoms with Crippen molar-refractivity contribution in [2.24, 2.45) is 4.40 Å². The van der Waals surface area contributed by atoms with Crippen LogP contribution in [-0.2, 0) is 21.0 Å². The molecule has 1 aromatic rings. The van der Waals surface area contributed by atoms with E-state index in [2.05, 4.69) is 4.40 Å². The molecule has 0 aliphatic heterocycles. The monoisotopic (exact) mass is 360 g/mol. The lowest BCUT2D eigenvalue weighted by atomic mass is 10.1. The summed E-state index contributed by atoms with van der Waals surface area (Å²) in [6.07, 6.45) is 0.259. The zero-order valence-electron chi connectivity index (χ0n) is 12.8. The largest absolute Gasteiger partial charge is 0.494 e. The molecule has 0 saturated carbocycles. The standard InChI is InChI=1S/C13H17N2O6PS/c1-4-9-6-7-11(13(21-3)10(9)8-14)23(19,20)15-12(5-2)22(16,17)18/h6-7H,4-5H2,1-3H3,(H2,16,17,18)/b15-12+. The summed E-state index contributed by atoms with van der Waals surface area (Å²) in [5.74, 6) is -0.184. The first kappa shape index (κ1) is 19.3. The third-order valence-corrected chi connectivity index (χ3v) is 5.62. The molecule has 8 nitrogen and oxygen atoms in total. The fraction of sp³-hybridized carbons (Fsp3) is 0.385. The quantitative estimate of drug-likeness (QED) is 0.583. The maximum Gasteiger partial charge on any atom is 0.371 e. The van der Waals surface area contributed by atoms with Crippen LogP contribution < -0.4 is 4.74 Å². The predicted octanol–water partition coefficient (Wildman–Crippen LogP) is 1.80. The van der Waals surface area contributed by atoms with E-state index in [-0.39, 0.29) is 17.7 Å². The van der Waals surface area contributed by atoms with Gasteiger partial charge < -0.3 is 14.5 Å². The second kappa shape index (κ2) is 7.23. The average Bonchev–Trinajstić information content (AvgIpc) is 2.49. The molecule has 0 aromatic heterocycles. The van der Waals surface area contributed by atoms with Gasteiger partial charge in [-0.15, -0.1) is 0 Å². The van der Waals surface area contributed by atoms with Crippen LogP contribution in [0.3, 0.4) is 0 Å². The summed E-state index contributed by atoms with van der Waals surface area (Å²) >= 11 is 0. The number of sulfonamides is 1. The minimum absolute atomic E-state index is 0.0560. The number of hydrogen-bond acceptors (Lipinski definition) is 5. The highest BCUT2D eigenvalue weighted by Crippen LogP contribution is 2.40. The SMILES string of the molecule is CC/C(=N\S(=O)(=O)c1ccc(CC)c(C#N)c1OC)P(=O)(O)O. The van der Waals surface area contributed by atoms with E-state index in [9.17, 15) is 18.2 Å². The molecule has 2 N–H and O–H groups in total. The molecular formula is C13H17N2O6PS. The van der Waals surface area contributed by atoms with Crippen LogP contribution in [0, 0.1) is 11.3 Å². The molecular weight excluding hydrogens is 343 g/mol. The normalized spacial score (nSPS) is 12.8. The smallest absolute Gasteiger partial charge is 0.371 e. The Labute approximate surface area is 134 Å². The molecule has 0 atom stereocenters. The molecule has 0 radical (unpaired) electrons. The molecule has 0 aliphatic rings. The van der Waals surface area contributed by atoms with E-state index >= 15 is 0 Å². The van der Waals surface area contributed by atoms with Gasteiger partial charge in [-0.25, -0.2) is 0 Å². The Morgan fingerprint density at radius 2 is 2.00 bits per heavy atom. The number of nitrogens with zero attached hydrogens (tertiary/aromatic N) is 2. The second-order valence-electron chi connectivity index (χ2n) is 4.48. The van der Waals surface area contributed by atoms with Crippen molar-refractivity contribution in [1.29, 1.82) is 5.26 Å². The topological polar surface area (TPSA) is 137 Å². The zero-order valence-corrected chi connectivity index (χ0v) is 14.6. The summed E-state index contributed by atoms with van der Waals surface area (Å²) in [5, 5.41) is 9.22. The van der Waals surface area contributed by atoms with Gasteiger partial charge >= 0.3 is 7.60 Å². The number of aryl methyl sites for hydroxylation is 1. The van der Waals surface area contributed by atoms with Gasteiger partial charge in [-0.3, -0.25) is 4.57 Å². The van der Waals surface area contributed by atoms with Crippen molar-refractivity contribution in [2.75, 3.05) is 7.11 Å². The second-order valence-corrected chi connectivity index (χ2v) is 7.65. The lowest BCUT2D eigenvalue weighted by molar-refractivity contribution is 0.390. The van der Waals surface area contributed by atoms with Crippen molar-refractivity contribution in [1.82, 2.24) is 0 Å². The maximum absolute atomic E-state index is 12.4. The van der Waals surface area contributed by atoms with E-state index in [4.69, 9.17) is 14.5 Å². The molecule has 0 fully saturated rings. The fourth-order valence-corrected chi connectivity index (χ4v) is 4.26. The van der Waals surface area contributed by atoms with Crippen molar-refractivity contribution in [3.8, 4) is 11.8 Å². The van der Waals surface area contributed by atoms with Gasteiger partial charge in [0.25, 0.3) is 10.0 Å². The average molecular weight is 360 g/mol. The van der Waals surface area contributed by atoms with Crippen LogP contribution in [0.5, 0.6) is 5.75 Å². The number of ether oxygens (including phenoxy) is 1. The van der Waals surface area contributed by atoms with Crippen molar-refractivity contribution < 1.29 is 27.5 Å². The van der Waals surface area contributed by atoms with Crippen LogP contribution in [0.25, 0.3) is 0 Å². The number of nitriles is 1. The number of hydrogen-bond donors (Lipinski definition) is 2. The Bertz CT molecular complexity index is 820. The number of rotatable bonds is 6. The molecule has 0 heterocycles. The Hall–Kier alpha value is -1.72. The third kappa shape index (κ3) is 4.18. The summed E-state index contributed by atoms with van der Waals surface area (Å²) in [4.78, 5) is 17.8. The van der Waals surface area contributed by atoms with Crippen molar-refractivity contribution >= 4 is 23.1 Å². The fourth-order valence-electron chi connectivity index (χ4n) is 1.94. The molecule has 23 heavy (non-hydrogen) atoms. The minimum atomic E-state index is -4.79. The van der Waals surface area contributed by atoms with Gasteiger partial charge in [0.2, 0.25) is 0 Å². The Morgan fingerprint density at radius 3 is 2.39 bits per heavy atom. The molecule has 1 aromatic carbocycles. The maximum atomic E-state index is 12.4. The summed E-state index contributed by atoms with van der Waals surface area (Å²) < 4.78 is 44.3. The molecule has 0 amide bonds. The van der Waals surface area contributed by atoms with Gasteiger partial charge in [-0.05, 0) is 24.5 Å². The molecule has 1 rings (SSSR count). The van der Waals surface area contributed by atoms with E-state index in [0.717, 1.165) is 0 Å². The van der Waals surface area contributed by atoms with Gasteiger partial charge in [0.15, 0.2) is 5.75 Å². The van der Waals surface area contributed by atoms with Crippen LogP contribution in [0.15, 0.2) is 21.4 Å². The molecule has 10 heteroatoms. The first-order chi connectivity index (χ1) is 10.6. The summed E-state index contributed by atoms with van der Waals surface area (Å²) in [5.41, 5.74) is -0.101. The van der Waals surface area contributed by atoms with E-state index in [1.807, 2.05) is 6.07 Å². The summed E-state index contributed by atoms with van der Waals surface area (Å²) in [6.45, 7) is 3.18. The van der Waals surface area contributed by atoms with E-state index in [0.29, 0.717) is 12.0 Å². The highest BCUT2D eigenvalue weighted by atomic mass is 32.2. The number of methoxy groups -OCH3 is 1. The summed E-state index contributed by atoms with van der Waals surface area (Å²) in [7, 11) is -8.01. The molecule has 0 saturated heterocycles. The number of benzene rings is 1. The van der Waals surface area contributed by atoms with Crippen LogP contribution >= 0.6 is 7.60 Å². The molecule has 0 spiro atoms. The minimum Gasteiger partial charge on any atom is -0.494 e. The van der Waals surface area contributed by atoms with E-state index < -0.39 is 28.0 Å². The van der Waals surface area contributed by atoms with E-state index in [1.54, 1.807) is 6.92 Å². The van der Waals surface area contributed by atoms with Crippen LogP contribution in [0.2, 0.25) is 0 Å². The zero-order chi connectivity index (χ0) is 17.8. The summed E-state index contributed by atoms with van der Waals surface area (Å²) in [6, 6.07) is 4.55. The van der Waals surface area contributed by atoms with Crippen molar-refractivity contribution in [3.05, 3.63) is 23.3 Å². The van der Waals surface area contributed by atoms with E-state index in [1.165, 1.54) is 26.2 Å². The highest BCUT2D eigenvalue weighted by molar-refractivity contribution is 7.91. The first-order valence-electron chi connectivity index (χ1n) is 6.62.